The Morgan fingerprint density at radius 1 is 0.944 bits per heavy atom. The van der Waals surface area contributed by atoms with Crippen LogP contribution >= 0.6 is 34.8 Å². The van der Waals surface area contributed by atoms with Gasteiger partial charge in [-0.15, -0.1) is 0 Å². The maximum Gasteiger partial charge on any atom is 0.0652 e. The van der Waals surface area contributed by atoms with Crippen LogP contribution in [0.4, 0.5) is 0 Å². The maximum absolute atomic E-state index is 6.39. The Bertz CT molecular complexity index is 562. The molecule has 0 saturated heterocycles. The Hall–Kier alpha value is -0.730. The molecule has 2 aromatic rings. The topological polar surface area (TPSA) is 26.0 Å². The molecule has 0 aliphatic rings. The predicted molar refractivity (Wildman–Crippen MR) is 78.6 cm³/mol. The fourth-order valence-electron chi connectivity index (χ4n) is 1.86. The van der Waals surface area contributed by atoms with Crippen molar-refractivity contribution in [2.24, 2.45) is 5.73 Å². The van der Waals surface area contributed by atoms with E-state index in [0.717, 1.165) is 11.1 Å². The minimum absolute atomic E-state index is 0.485. The Morgan fingerprint density at radius 2 is 1.56 bits per heavy atom. The van der Waals surface area contributed by atoms with E-state index in [0.29, 0.717) is 15.1 Å². The van der Waals surface area contributed by atoms with Gasteiger partial charge in [0.05, 0.1) is 15.6 Å². The zero-order chi connectivity index (χ0) is 13.3. The lowest BCUT2D eigenvalue weighted by Crippen LogP contribution is -2.34. The van der Waals surface area contributed by atoms with Crippen LogP contribution in [0.1, 0.15) is 18.1 Å². The van der Waals surface area contributed by atoms with Crippen molar-refractivity contribution < 1.29 is 0 Å². The average molecular weight is 301 g/mol. The molecule has 1 atom stereocenters. The number of halogens is 3. The number of hydrogen-bond acceptors (Lipinski definition) is 1. The predicted octanol–water partition coefficient (Wildman–Crippen LogP) is 4.87. The molecular weight excluding hydrogens is 289 g/mol. The lowest BCUT2D eigenvalue weighted by Gasteiger charge is -2.27. The molecule has 1 unspecified atom stereocenters. The maximum atomic E-state index is 6.39. The fourth-order valence-corrected chi connectivity index (χ4v) is 2.48. The average Bonchev–Trinajstić information content (AvgIpc) is 2.33. The first-order chi connectivity index (χ1) is 8.43. The van der Waals surface area contributed by atoms with Crippen LogP contribution in [0.15, 0.2) is 42.5 Å². The van der Waals surface area contributed by atoms with Gasteiger partial charge < -0.3 is 5.73 Å². The second-order valence-corrected chi connectivity index (χ2v) is 5.53. The van der Waals surface area contributed by atoms with Crippen molar-refractivity contribution in [3.8, 4) is 0 Å². The first kappa shape index (κ1) is 13.7. The molecular formula is C14H12Cl3N. The van der Waals surface area contributed by atoms with E-state index in [9.17, 15) is 0 Å². The van der Waals surface area contributed by atoms with Crippen LogP contribution in [-0.2, 0) is 5.54 Å². The second-order valence-electron chi connectivity index (χ2n) is 4.31. The van der Waals surface area contributed by atoms with Gasteiger partial charge in [-0.1, -0.05) is 59.1 Å². The number of rotatable bonds is 2. The van der Waals surface area contributed by atoms with E-state index >= 15 is 0 Å². The van der Waals surface area contributed by atoms with Crippen LogP contribution in [0.5, 0.6) is 0 Å². The summed E-state index contributed by atoms with van der Waals surface area (Å²) in [5.74, 6) is 0. The molecule has 2 N–H and O–H groups in total. The third-order valence-electron chi connectivity index (χ3n) is 2.96. The van der Waals surface area contributed by atoms with Gasteiger partial charge in [-0.05, 0) is 36.2 Å². The number of nitrogens with two attached hydrogens (primary N) is 1. The summed E-state index contributed by atoms with van der Waals surface area (Å²) in [6, 6.07) is 12.8. The van der Waals surface area contributed by atoms with Gasteiger partial charge in [0.15, 0.2) is 0 Å². The molecule has 4 heteroatoms. The highest BCUT2D eigenvalue weighted by Crippen LogP contribution is 2.35. The summed E-state index contributed by atoms with van der Waals surface area (Å²) in [7, 11) is 0. The summed E-state index contributed by atoms with van der Waals surface area (Å²) in [5.41, 5.74) is 7.39. The van der Waals surface area contributed by atoms with Crippen LogP contribution in [0.2, 0.25) is 15.1 Å². The van der Waals surface area contributed by atoms with E-state index < -0.39 is 5.54 Å². The monoisotopic (exact) mass is 299 g/mol. The van der Waals surface area contributed by atoms with Crippen LogP contribution in [0.3, 0.4) is 0 Å². The highest BCUT2D eigenvalue weighted by molar-refractivity contribution is 6.42. The highest BCUT2D eigenvalue weighted by atomic mass is 35.5. The number of benzene rings is 2. The zero-order valence-corrected chi connectivity index (χ0v) is 12.0. The van der Waals surface area contributed by atoms with Crippen LogP contribution in [0.25, 0.3) is 0 Å². The molecule has 0 saturated carbocycles. The van der Waals surface area contributed by atoms with Crippen LogP contribution in [0, 0.1) is 0 Å². The van der Waals surface area contributed by atoms with E-state index in [1.54, 1.807) is 18.2 Å². The Kier molecular flexibility index (Phi) is 3.88. The lowest BCUT2D eigenvalue weighted by atomic mass is 9.86. The third-order valence-corrected chi connectivity index (χ3v) is 4.03. The molecule has 0 radical (unpaired) electrons. The normalized spacial score (nSPS) is 14.3. The van der Waals surface area contributed by atoms with Crippen molar-refractivity contribution >= 4 is 34.8 Å². The van der Waals surface area contributed by atoms with Gasteiger partial charge in [-0.3, -0.25) is 0 Å². The zero-order valence-electron chi connectivity index (χ0n) is 9.75. The molecule has 0 amide bonds. The molecule has 0 heterocycles. The van der Waals surface area contributed by atoms with Crippen molar-refractivity contribution in [2.75, 3.05) is 0 Å². The van der Waals surface area contributed by atoms with Crippen LogP contribution in [-0.4, -0.2) is 0 Å². The summed E-state index contributed by atoms with van der Waals surface area (Å²) >= 11 is 18.1. The van der Waals surface area contributed by atoms with Gasteiger partial charge >= 0.3 is 0 Å². The molecule has 2 rings (SSSR count). The molecule has 0 spiro atoms. The Labute approximate surface area is 121 Å². The quantitative estimate of drug-likeness (QED) is 0.841. The van der Waals surface area contributed by atoms with E-state index in [1.807, 2.05) is 31.2 Å². The minimum Gasteiger partial charge on any atom is -0.318 e. The molecule has 0 aromatic heterocycles. The van der Waals surface area contributed by atoms with Gasteiger partial charge in [0, 0.05) is 5.02 Å². The Balaban J connectivity index is 2.54. The summed E-state index contributed by atoms with van der Waals surface area (Å²) in [4.78, 5) is 0. The third kappa shape index (κ3) is 2.50. The van der Waals surface area contributed by atoms with Crippen molar-refractivity contribution in [2.45, 2.75) is 12.5 Å². The summed E-state index contributed by atoms with van der Waals surface area (Å²) in [5, 5.41) is 1.66. The molecule has 18 heavy (non-hydrogen) atoms. The van der Waals surface area contributed by atoms with E-state index in [-0.39, 0.29) is 0 Å². The van der Waals surface area contributed by atoms with Gasteiger partial charge in [-0.25, -0.2) is 0 Å². The fraction of sp³-hybridized carbons (Fsp3) is 0.143. The molecule has 0 bridgehead atoms. The largest absolute Gasteiger partial charge is 0.318 e. The second kappa shape index (κ2) is 5.10. The van der Waals surface area contributed by atoms with Gasteiger partial charge in [-0.2, -0.15) is 0 Å². The standard InChI is InChI=1S/C14H12Cl3N/c1-14(18,9-5-7-10(15)8-6-9)11-3-2-4-12(16)13(11)17/h2-8H,18H2,1H3. The van der Waals surface area contributed by atoms with Crippen molar-refractivity contribution in [3.05, 3.63) is 68.7 Å². The molecule has 0 aliphatic heterocycles. The Morgan fingerprint density at radius 3 is 2.17 bits per heavy atom. The van der Waals surface area contributed by atoms with Crippen molar-refractivity contribution in [1.82, 2.24) is 0 Å². The summed E-state index contributed by atoms with van der Waals surface area (Å²) < 4.78 is 0. The smallest absolute Gasteiger partial charge is 0.0652 e. The molecule has 0 aliphatic carbocycles. The van der Waals surface area contributed by atoms with Gasteiger partial charge in [0.2, 0.25) is 0 Å². The molecule has 94 valence electrons. The lowest BCUT2D eigenvalue weighted by molar-refractivity contribution is 0.603. The van der Waals surface area contributed by atoms with E-state index in [2.05, 4.69) is 0 Å². The highest BCUT2D eigenvalue weighted by Gasteiger charge is 2.26. The van der Waals surface area contributed by atoms with Crippen molar-refractivity contribution in [3.63, 3.8) is 0 Å². The van der Waals surface area contributed by atoms with Gasteiger partial charge in [0.1, 0.15) is 0 Å². The number of hydrogen-bond donors (Lipinski definition) is 1. The van der Waals surface area contributed by atoms with Crippen LogP contribution < -0.4 is 5.73 Å². The molecule has 0 fully saturated rings. The SMILES string of the molecule is CC(N)(c1ccc(Cl)cc1)c1cccc(Cl)c1Cl. The molecule has 2 aromatic carbocycles. The molecule has 1 nitrogen and oxygen atoms in total. The van der Waals surface area contributed by atoms with Crippen molar-refractivity contribution in [1.29, 1.82) is 0 Å². The van der Waals surface area contributed by atoms with E-state index in [4.69, 9.17) is 40.5 Å². The minimum atomic E-state index is -0.716. The van der Waals surface area contributed by atoms with E-state index in [1.165, 1.54) is 0 Å². The first-order valence-electron chi connectivity index (χ1n) is 5.42. The first-order valence-corrected chi connectivity index (χ1v) is 6.55. The summed E-state index contributed by atoms with van der Waals surface area (Å²) in [6.07, 6.45) is 0. The summed E-state index contributed by atoms with van der Waals surface area (Å²) in [6.45, 7) is 1.90. The van der Waals surface area contributed by atoms with Gasteiger partial charge in [0.25, 0.3) is 0 Å².